The highest BCUT2D eigenvalue weighted by atomic mass is 15.2. The summed E-state index contributed by atoms with van der Waals surface area (Å²) < 4.78 is 0. The van der Waals surface area contributed by atoms with E-state index in [4.69, 9.17) is 5.73 Å². The maximum atomic E-state index is 6.06. The van der Waals surface area contributed by atoms with Crippen LogP contribution in [-0.2, 0) is 0 Å². The molecule has 82 valence electrons. The highest BCUT2D eigenvalue weighted by Crippen LogP contribution is 2.36. The van der Waals surface area contributed by atoms with Crippen LogP contribution in [-0.4, -0.2) is 30.1 Å². The zero-order valence-electron chi connectivity index (χ0n) is 9.63. The molecule has 14 heavy (non-hydrogen) atoms. The van der Waals surface area contributed by atoms with Gasteiger partial charge in [0, 0.05) is 25.2 Å². The number of rotatable bonds is 2. The van der Waals surface area contributed by atoms with Gasteiger partial charge in [0.1, 0.15) is 0 Å². The highest BCUT2D eigenvalue weighted by Gasteiger charge is 2.35. The molecule has 0 aromatic rings. The molecule has 2 unspecified atom stereocenters. The van der Waals surface area contributed by atoms with Crippen molar-refractivity contribution in [3.8, 4) is 0 Å². The molecule has 2 fully saturated rings. The van der Waals surface area contributed by atoms with Gasteiger partial charge in [0.2, 0.25) is 0 Å². The van der Waals surface area contributed by atoms with Crippen LogP contribution in [0.4, 0.5) is 0 Å². The Kier molecular flexibility index (Phi) is 2.85. The molecule has 0 spiro atoms. The quantitative estimate of drug-likeness (QED) is 0.730. The monoisotopic (exact) mass is 196 g/mol. The van der Waals surface area contributed by atoms with Crippen LogP contribution in [0.5, 0.6) is 0 Å². The summed E-state index contributed by atoms with van der Waals surface area (Å²) in [5, 5.41) is 0. The zero-order chi connectivity index (χ0) is 10.2. The lowest BCUT2D eigenvalue weighted by molar-refractivity contribution is 0.260. The van der Waals surface area contributed by atoms with Crippen molar-refractivity contribution in [2.75, 3.05) is 19.6 Å². The van der Waals surface area contributed by atoms with Gasteiger partial charge < -0.3 is 10.6 Å². The molecule has 0 aromatic carbocycles. The lowest BCUT2D eigenvalue weighted by Crippen LogP contribution is -2.44. The second-order valence-corrected chi connectivity index (χ2v) is 5.99. The molecule has 1 aliphatic carbocycles. The van der Waals surface area contributed by atoms with Crippen LogP contribution >= 0.6 is 0 Å². The van der Waals surface area contributed by atoms with E-state index in [1.165, 1.54) is 38.8 Å². The van der Waals surface area contributed by atoms with Crippen molar-refractivity contribution >= 4 is 0 Å². The molecular weight excluding hydrogens is 172 g/mol. The molecule has 2 N–H and O–H groups in total. The van der Waals surface area contributed by atoms with Crippen molar-refractivity contribution in [2.24, 2.45) is 17.6 Å². The van der Waals surface area contributed by atoms with Crippen molar-refractivity contribution in [2.45, 2.75) is 45.1 Å². The van der Waals surface area contributed by atoms with E-state index < -0.39 is 0 Å². The molecule has 0 radical (unpaired) electrons. The van der Waals surface area contributed by atoms with Gasteiger partial charge in [-0.2, -0.15) is 0 Å². The Morgan fingerprint density at radius 1 is 1.14 bits per heavy atom. The lowest BCUT2D eigenvalue weighted by Gasteiger charge is -2.26. The Balaban J connectivity index is 1.87. The van der Waals surface area contributed by atoms with Gasteiger partial charge in [-0.15, -0.1) is 0 Å². The topological polar surface area (TPSA) is 29.3 Å². The third-order valence-corrected chi connectivity index (χ3v) is 3.68. The average molecular weight is 196 g/mol. The Bertz CT molecular complexity index is 181. The van der Waals surface area contributed by atoms with Crippen LogP contribution < -0.4 is 5.73 Å². The average Bonchev–Trinajstić information content (AvgIpc) is 2.42. The number of nitrogens with two attached hydrogens (primary N) is 1. The first-order valence-electron chi connectivity index (χ1n) is 6.06. The standard InChI is InChI=1S/C12H24N2/c1-12(2,13)9-14-7-10-5-3-4-6-11(10)8-14/h10-11H,3-9,13H2,1-2H3. The van der Waals surface area contributed by atoms with E-state index in [1.807, 2.05) is 0 Å². The SMILES string of the molecule is CC(C)(N)CN1CC2CCCCC2C1. The van der Waals surface area contributed by atoms with Crippen LogP contribution in [0.1, 0.15) is 39.5 Å². The first-order valence-corrected chi connectivity index (χ1v) is 6.06. The second-order valence-electron chi connectivity index (χ2n) is 5.99. The molecule has 0 aromatic heterocycles. The fourth-order valence-corrected chi connectivity index (χ4v) is 3.21. The third kappa shape index (κ3) is 2.48. The molecular formula is C12H24N2. The normalized spacial score (nSPS) is 34.5. The van der Waals surface area contributed by atoms with E-state index in [1.54, 1.807) is 0 Å². The maximum absolute atomic E-state index is 6.06. The molecule has 2 rings (SSSR count). The van der Waals surface area contributed by atoms with Gasteiger partial charge in [-0.3, -0.25) is 0 Å². The van der Waals surface area contributed by atoms with E-state index in [2.05, 4.69) is 18.7 Å². The molecule has 1 saturated heterocycles. The minimum atomic E-state index is -0.0203. The summed E-state index contributed by atoms with van der Waals surface area (Å²) in [4.78, 5) is 2.58. The molecule has 2 nitrogen and oxygen atoms in total. The minimum absolute atomic E-state index is 0.0203. The van der Waals surface area contributed by atoms with Gasteiger partial charge in [-0.25, -0.2) is 0 Å². The maximum Gasteiger partial charge on any atom is 0.0226 e. The number of fused-ring (bicyclic) bond motifs is 1. The summed E-state index contributed by atoms with van der Waals surface area (Å²) >= 11 is 0. The van der Waals surface area contributed by atoms with Gasteiger partial charge in [0.05, 0.1) is 0 Å². The minimum Gasteiger partial charge on any atom is -0.324 e. The fraction of sp³-hybridized carbons (Fsp3) is 1.00. The smallest absolute Gasteiger partial charge is 0.0226 e. The van der Waals surface area contributed by atoms with Gasteiger partial charge in [-0.1, -0.05) is 12.8 Å². The largest absolute Gasteiger partial charge is 0.324 e. The van der Waals surface area contributed by atoms with Gasteiger partial charge in [0.25, 0.3) is 0 Å². The highest BCUT2D eigenvalue weighted by molar-refractivity contribution is 4.89. The van der Waals surface area contributed by atoms with E-state index in [0.717, 1.165) is 18.4 Å². The molecule has 0 amide bonds. The summed E-state index contributed by atoms with van der Waals surface area (Å²) in [6.07, 6.45) is 5.85. The molecule has 1 saturated carbocycles. The lowest BCUT2D eigenvalue weighted by atomic mass is 9.82. The van der Waals surface area contributed by atoms with Crippen LogP contribution in [0.25, 0.3) is 0 Å². The summed E-state index contributed by atoms with van der Waals surface area (Å²) in [6.45, 7) is 7.96. The molecule has 1 heterocycles. The predicted molar refractivity (Wildman–Crippen MR) is 60.2 cm³/mol. The Hall–Kier alpha value is -0.0800. The Labute approximate surface area is 87.8 Å². The summed E-state index contributed by atoms with van der Waals surface area (Å²) in [5.41, 5.74) is 6.04. The van der Waals surface area contributed by atoms with Crippen molar-refractivity contribution in [3.05, 3.63) is 0 Å². The van der Waals surface area contributed by atoms with Crippen molar-refractivity contribution in [1.82, 2.24) is 4.90 Å². The molecule has 2 heteroatoms. The Morgan fingerprint density at radius 2 is 1.64 bits per heavy atom. The molecule has 2 atom stereocenters. The van der Waals surface area contributed by atoms with Crippen LogP contribution in [0.2, 0.25) is 0 Å². The Morgan fingerprint density at radius 3 is 2.07 bits per heavy atom. The summed E-state index contributed by atoms with van der Waals surface area (Å²) in [7, 11) is 0. The van der Waals surface area contributed by atoms with Crippen LogP contribution in [0.15, 0.2) is 0 Å². The van der Waals surface area contributed by atoms with Crippen molar-refractivity contribution < 1.29 is 0 Å². The summed E-state index contributed by atoms with van der Waals surface area (Å²) in [6, 6.07) is 0. The first kappa shape index (κ1) is 10.4. The predicted octanol–water partition coefficient (Wildman–Crippen LogP) is 1.85. The van der Waals surface area contributed by atoms with E-state index in [9.17, 15) is 0 Å². The second kappa shape index (κ2) is 3.82. The summed E-state index contributed by atoms with van der Waals surface area (Å²) in [5.74, 6) is 1.98. The number of hydrogen-bond acceptors (Lipinski definition) is 2. The van der Waals surface area contributed by atoms with Crippen LogP contribution in [0.3, 0.4) is 0 Å². The van der Waals surface area contributed by atoms with E-state index in [-0.39, 0.29) is 5.54 Å². The van der Waals surface area contributed by atoms with E-state index in [0.29, 0.717) is 0 Å². The third-order valence-electron chi connectivity index (χ3n) is 3.68. The van der Waals surface area contributed by atoms with Gasteiger partial charge >= 0.3 is 0 Å². The number of nitrogens with zero attached hydrogens (tertiary/aromatic N) is 1. The van der Waals surface area contributed by atoms with Crippen LogP contribution in [0, 0.1) is 11.8 Å². The van der Waals surface area contributed by atoms with Crippen molar-refractivity contribution in [1.29, 1.82) is 0 Å². The van der Waals surface area contributed by atoms with Gasteiger partial charge in [0.15, 0.2) is 0 Å². The number of likely N-dealkylation sites (tertiary alicyclic amines) is 1. The molecule has 1 aliphatic heterocycles. The van der Waals surface area contributed by atoms with E-state index >= 15 is 0 Å². The first-order chi connectivity index (χ1) is 6.54. The molecule has 2 aliphatic rings. The van der Waals surface area contributed by atoms with Gasteiger partial charge in [-0.05, 0) is 38.5 Å². The number of hydrogen-bond donors (Lipinski definition) is 1. The van der Waals surface area contributed by atoms with Crippen molar-refractivity contribution in [3.63, 3.8) is 0 Å². The fourth-order valence-electron chi connectivity index (χ4n) is 3.21. The zero-order valence-corrected chi connectivity index (χ0v) is 9.63. The molecule has 0 bridgehead atoms.